The molecule has 0 saturated heterocycles. The lowest BCUT2D eigenvalue weighted by molar-refractivity contribution is 0.0600. The number of esters is 1. The molecule has 2 aromatic heterocycles. The lowest BCUT2D eigenvalue weighted by Gasteiger charge is -2.08. The Labute approximate surface area is 111 Å². The van der Waals surface area contributed by atoms with E-state index in [9.17, 15) is 4.79 Å². The van der Waals surface area contributed by atoms with Crippen LogP contribution in [0.15, 0.2) is 30.7 Å². The van der Waals surface area contributed by atoms with Crippen LogP contribution in [0.2, 0.25) is 0 Å². The summed E-state index contributed by atoms with van der Waals surface area (Å²) in [5.74, 6) is -0.394. The first-order valence-electron chi connectivity index (χ1n) is 6.02. The Morgan fingerprint density at radius 3 is 3.05 bits per heavy atom. The van der Waals surface area contributed by atoms with Crippen LogP contribution in [-0.4, -0.2) is 27.8 Å². The van der Waals surface area contributed by atoms with E-state index < -0.39 is 5.97 Å². The maximum absolute atomic E-state index is 11.4. The van der Waals surface area contributed by atoms with E-state index >= 15 is 0 Å². The van der Waals surface area contributed by atoms with Crippen molar-refractivity contribution in [2.24, 2.45) is 0 Å². The molecule has 100 valence electrons. The Morgan fingerprint density at radius 2 is 2.32 bits per heavy atom. The monoisotopic (exact) mass is 260 g/mol. The van der Waals surface area contributed by atoms with E-state index in [0.29, 0.717) is 12.1 Å². The number of methoxy groups -OCH3 is 1. The summed E-state index contributed by atoms with van der Waals surface area (Å²) in [5, 5.41) is 7.40. The minimum absolute atomic E-state index is 0.394. The van der Waals surface area contributed by atoms with Gasteiger partial charge in [0.05, 0.1) is 30.6 Å². The van der Waals surface area contributed by atoms with Crippen LogP contribution >= 0.6 is 0 Å². The van der Waals surface area contributed by atoms with Crippen LogP contribution in [0, 0.1) is 0 Å². The highest BCUT2D eigenvalue weighted by Gasteiger charge is 2.07. The van der Waals surface area contributed by atoms with Gasteiger partial charge in [-0.05, 0) is 19.1 Å². The zero-order valence-corrected chi connectivity index (χ0v) is 11.0. The molecule has 2 rings (SSSR count). The topological polar surface area (TPSA) is 69.0 Å². The predicted molar refractivity (Wildman–Crippen MR) is 70.8 cm³/mol. The van der Waals surface area contributed by atoms with E-state index in [-0.39, 0.29) is 0 Å². The van der Waals surface area contributed by atoms with Crippen LogP contribution in [0.4, 0.5) is 5.69 Å². The number of carbonyl (C=O) groups excluding carboxylic acids is 1. The molecule has 0 amide bonds. The SMILES string of the molecule is CCn1nccc1CNc1cncc(C(=O)OC)c1. The first-order chi connectivity index (χ1) is 9.24. The third kappa shape index (κ3) is 3.09. The van der Waals surface area contributed by atoms with E-state index in [4.69, 9.17) is 0 Å². The van der Waals surface area contributed by atoms with Gasteiger partial charge in [-0.2, -0.15) is 5.10 Å². The number of ether oxygens (including phenoxy) is 1. The molecule has 0 aliphatic heterocycles. The molecular weight excluding hydrogens is 244 g/mol. The number of rotatable bonds is 5. The molecule has 2 aromatic rings. The molecule has 0 atom stereocenters. The Balaban J connectivity index is 2.05. The zero-order chi connectivity index (χ0) is 13.7. The number of aromatic nitrogens is 3. The molecule has 6 nitrogen and oxygen atoms in total. The second-order valence-corrected chi connectivity index (χ2v) is 3.95. The van der Waals surface area contributed by atoms with E-state index in [0.717, 1.165) is 17.9 Å². The highest BCUT2D eigenvalue weighted by atomic mass is 16.5. The Hall–Kier alpha value is -2.37. The molecule has 2 heterocycles. The molecule has 0 aliphatic rings. The van der Waals surface area contributed by atoms with Crippen molar-refractivity contribution in [1.29, 1.82) is 0 Å². The van der Waals surface area contributed by atoms with Gasteiger partial charge in [0.2, 0.25) is 0 Å². The van der Waals surface area contributed by atoms with E-state index in [1.54, 1.807) is 18.5 Å². The number of hydrogen-bond acceptors (Lipinski definition) is 5. The average molecular weight is 260 g/mol. The molecule has 0 bridgehead atoms. The Kier molecular flexibility index (Phi) is 4.12. The molecule has 0 spiro atoms. The molecular formula is C13H16N4O2. The van der Waals surface area contributed by atoms with Gasteiger partial charge in [-0.25, -0.2) is 4.79 Å². The largest absolute Gasteiger partial charge is 0.465 e. The summed E-state index contributed by atoms with van der Waals surface area (Å²) in [6, 6.07) is 3.67. The number of nitrogens with zero attached hydrogens (tertiary/aromatic N) is 3. The minimum Gasteiger partial charge on any atom is -0.465 e. The summed E-state index contributed by atoms with van der Waals surface area (Å²) < 4.78 is 6.56. The van der Waals surface area contributed by atoms with Crippen molar-refractivity contribution in [2.75, 3.05) is 12.4 Å². The zero-order valence-electron chi connectivity index (χ0n) is 11.0. The van der Waals surface area contributed by atoms with Gasteiger partial charge in [0.15, 0.2) is 0 Å². The van der Waals surface area contributed by atoms with Gasteiger partial charge in [0, 0.05) is 25.1 Å². The summed E-state index contributed by atoms with van der Waals surface area (Å²) in [6.45, 7) is 3.49. The minimum atomic E-state index is -0.394. The number of pyridine rings is 1. The molecule has 0 aromatic carbocycles. The predicted octanol–water partition coefficient (Wildman–Crippen LogP) is 1.70. The van der Waals surface area contributed by atoms with Crippen molar-refractivity contribution < 1.29 is 9.53 Å². The molecule has 0 radical (unpaired) electrons. The third-order valence-corrected chi connectivity index (χ3v) is 2.74. The molecule has 0 aliphatic carbocycles. The van der Waals surface area contributed by atoms with Gasteiger partial charge in [-0.3, -0.25) is 9.67 Å². The molecule has 19 heavy (non-hydrogen) atoms. The summed E-state index contributed by atoms with van der Waals surface area (Å²) in [7, 11) is 1.35. The number of anilines is 1. The molecule has 0 saturated carbocycles. The third-order valence-electron chi connectivity index (χ3n) is 2.74. The molecule has 0 fully saturated rings. The van der Waals surface area contributed by atoms with E-state index in [1.165, 1.54) is 13.3 Å². The fourth-order valence-electron chi connectivity index (χ4n) is 1.75. The first kappa shape index (κ1) is 13.1. The van der Waals surface area contributed by atoms with Crippen molar-refractivity contribution >= 4 is 11.7 Å². The summed E-state index contributed by atoms with van der Waals surface area (Å²) in [5.41, 5.74) is 2.27. The summed E-state index contributed by atoms with van der Waals surface area (Å²) in [6.07, 6.45) is 4.91. The fraction of sp³-hybridized carbons (Fsp3) is 0.308. The lowest BCUT2D eigenvalue weighted by atomic mass is 10.2. The van der Waals surface area contributed by atoms with Gasteiger partial charge in [-0.1, -0.05) is 0 Å². The number of aryl methyl sites for hydroxylation is 1. The Bertz CT molecular complexity index is 565. The van der Waals surface area contributed by atoms with Gasteiger partial charge < -0.3 is 10.1 Å². The average Bonchev–Trinajstić information content (AvgIpc) is 2.92. The van der Waals surface area contributed by atoms with Crippen LogP contribution in [0.1, 0.15) is 23.0 Å². The van der Waals surface area contributed by atoms with Crippen LogP contribution in [-0.2, 0) is 17.8 Å². The van der Waals surface area contributed by atoms with E-state index in [1.807, 2.05) is 17.7 Å². The van der Waals surface area contributed by atoms with Crippen LogP contribution in [0.5, 0.6) is 0 Å². The van der Waals surface area contributed by atoms with Crippen molar-refractivity contribution in [3.05, 3.63) is 42.0 Å². The van der Waals surface area contributed by atoms with Crippen molar-refractivity contribution in [3.8, 4) is 0 Å². The normalized spacial score (nSPS) is 10.2. The highest BCUT2D eigenvalue weighted by Crippen LogP contribution is 2.11. The van der Waals surface area contributed by atoms with Crippen molar-refractivity contribution in [3.63, 3.8) is 0 Å². The Morgan fingerprint density at radius 1 is 1.47 bits per heavy atom. The maximum Gasteiger partial charge on any atom is 0.339 e. The van der Waals surface area contributed by atoms with Crippen LogP contribution in [0.3, 0.4) is 0 Å². The van der Waals surface area contributed by atoms with E-state index in [2.05, 4.69) is 20.1 Å². The first-order valence-corrected chi connectivity index (χ1v) is 6.02. The number of carbonyl (C=O) groups is 1. The second kappa shape index (κ2) is 5.99. The quantitative estimate of drug-likeness (QED) is 0.829. The number of hydrogen-bond donors (Lipinski definition) is 1. The smallest absolute Gasteiger partial charge is 0.339 e. The molecule has 6 heteroatoms. The van der Waals surface area contributed by atoms with Crippen molar-refractivity contribution in [1.82, 2.24) is 14.8 Å². The van der Waals surface area contributed by atoms with Gasteiger partial charge >= 0.3 is 5.97 Å². The maximum atomic E-state index is 11.4. The van der Waals surface area contributed by atoms with Crippen molar-refractivity contribution in [2.45, 2.75) is 20.0 Å². The molecule has 0 unspecified atom stereocenters. The van der Waals surface area contributed by atoms with Gasteiger partial charge in [-0.15, -0.1) is 0 Å². The fourth-order valence-corrected chi connectivity index (χ4v) is 1.75. The standard InChI is InChI=1S/C13H16N4O2/c1-3-17-12(4-5-16-17)9-15-11-6-10(7-14-8-11)13(18)19-2/h4-8,15H,3,9H2,1-2H3. The molecule has 1 N–H and O–H groups in total. The highest BCUT2D eigenvalue weighted by molar-refractivity contribution is 5.89. The van der Waals surface area contributed by atoms with Crippen LogP contribution < -0.4 is 5.32 Å². The van der Waals surface area contributed by atoms with Gasteiger partial charge in [0.25, 0.3) is 0 Å². The number of nitrogens with one attached hydrogen (secondary N) is 1. The summed E-state index contributed by atoms with van der Waals surface area (Å²) >= 11 is 0. The lowest BCUT2D eigenvalue weighted by Crippen LogP contribution is -2.09. The summed E-state index contributed by atoms with van der Waals surface area (Å²) in [4.78, 5) is 15.4. The van der Waals surface area contributed by atoms with Gasteiger partial charge in [0.1, 0.15) is 0 Å². The second-order valence-electron chi connectivity index (χ2n) is 3.95. The van der Waals surface area contributed by atoms with Crippen LogP contribution in [0.25, 0.3) is 0 Å².